The van der Waals surface area contributed by atoms with Crippen LogP contribution in [0.5, 0.6) is 0 Å². The molecule has 1 saturated carbocycles. The summed E-state index contributed by atoms with van der Waals surface area (Å²) in [5.41, 5.74) is 1.31. The molecular formula is C17H25NO2S. The SMILES string of the molecule is CCC1CCC(N(C)c2cccc(SC)c2C(=O)O)CC1. The summed E-state index contributed by atoms with van der Waals surface area (Å²) in [4.78, 5) is 14.7. The van der Waals surface area contributed by atoms with Gasteiger partial charge >= 0.3 is 5.97 Å². The van der Waals surface area contributed by atoms with E-state index in [-0.39, 0.29) is 0 Å². The summed E-state index contributed by atoms with van der Waals surface area (Å²) in [6.07, 6.45) is 8.04. The first-order valence-corrected chi connectivity index (χ1v) is 8.94. The molecule has 1 N–H and O–H groups in total. The molecule has 0 aromatic heterocycles. The number of carboxylic acid groups (broad SMARTS) is 1. The third-order valence-electron chi connectivity index (χ3n) is 4.76. The molecule has 4 heteroatoms. The maximum absolute atomic E-state index is 11.6. The van der Waals surface area contributed by atoms with Crippen molar-refractivity contribution >= 4 is 23.4 Å². The van der Waals surface area contributed by atoms with Gasteiger partial charge in [0.2, 0.25) is 0 Å². The summed E-state index contributed by atoms with van der Waals surface area (Å²) in [5, 5.41) is 9.56. The molecule has 1 fully saturated rings. The van der Waals surface area contributed by atoms with Crippen LogP contribution < -0.4 is 4.90 Å². The second-order valence-electron chi connectivity index (χ2n) is 5.85. The van der Waals surface area contributed by atoms with E-state index in [9.17, 15) is 9.90 Å². The van der Waals surface area contributed by atoms with Gasteiger partial charge in [-0.1, -0.05) is 19.4 Å². The summed E-state index contributed by atoms with van der Waals surface area (Å²) in [6.45, 7) is 2.26. The van der Waals surface area contributed by atoms with Gasteiger partial charge in [0.15, 0.2) is 0 Å². The third kappa shape index (κ3) is 3.54. The highest BCUT2D eigenvalue weighted by atomic mass is 32.2. The molecule has 0 unspecified atom stereocenters. The molecule has 0 saturated heterocycles. The predicted molar refractivity (Wildman–Crippen MR) is 89.6 cm³/mol. The lowest BCUT2D eigenvalue weighted by Gasteiger charge is -2.36. The highest BCUT2D eigenvalue weighted by Gasteiger charge is 2.26. The number of hydrogen-bond acceptors (Lipinski definition) is 3. The van der Waals surface area contributed by atoms with Crippen molar-refractivity contribution in [2.75, 3.05) is 18.2 Å². The minimum absolute atomic E-state index is 0.449. The van der Waals surface area contributed by atoms with Gasteiger partial charge in [-0.2, -0.15) is 0 Å². The molecule has 0 amide bonds. The number of nitrogens with zero attached hydrogens (tertiary/aromatic N) is 1. The molecular weight excluding hydrogens is 282 g/mol. The number of anilines is 1. The molecule has 0 spiro atoms. The Morgan fingerprint density at radius 3 is 2.52 bits per heavy atom. The van der Waals surface area contributed by atoms with Crippen molar-refractivity contribution in [3.05, 3.63) is 23.8 Å². The Bertz CT molecular complexity index is 496. The van der Waals surface area contributed by atoms with E-state index in [1.807, 2.05) is 31.5 Å². The van der Waals surface area contributed by atoms with Crippen LogP contribution in [-0.2, 0) is 0 Å². The first-order valence-electron chi connectivity index (χ1n) is 7.71. The fraction of sp³-hybridized carbons (Fsp3) is 0.588. The van der Waals surface area contributed by atoms with Gasteiger partial charge in [0.05, 0.1) is 11.3 Å². The highest BCUT2D eigenvalue weighted by molar-refractivity contribution is 7.98. The molecule has 1 aliphatic carbocycles. The number of aromatic carboxylic acids is 1. The number of carbonyl (C=O) groups is 1. The maximum atomic E-state index is 11.6. The fourth-order valence-corrected chi connectivity index (χ4v) is 3.95. The van der Waals surface area contributed by atoms with Gasteiger partial charge in [0.25, 0.3) is 0 Å². The Morgan fingerprint density at radius 1 is 1.33 bits per heavy atom. The van der Waals surface area contributed by atoms with Crippen molar-refractivity contribution in [3.8, 4) is 0 Å². The van der Waals surface area contributed by atoms with Crippen LogP contribution in [0.15, 0.2) is 23.1 Å². The van der Waals surface area contributed by atoms with E-state index in [1.54, 1.807) is 0 Å². The number of carboxylic acids is 1. The average molecular weight is 307 g/mol. The number of hydrogen-bond donors (Lipinski definition) is 1. The summed E-state index contributed by atoms with van der Waals surface area (Å²) in [6, 6.07) is 6.25. The Labute approximate surface area is 131 Å². The molecule has 0 aliphatic heterocycles. The van der Waals surface area contributed by atoms with Crippen molar-refractivity contribution in [2.24, 2.45) is 5.92 Å². The zero-order chi connectivity index (χ0) is 15.4. The number of rotatable bonds is 5. The smallest absolute Gasteiger partial charge is 0.338 e. The van der Waals surface area contributed by atoms with E-state index in [2.05, 4.69) is 11.8 Å². The Hall–Kier alpha value is -1.16. The van der Waals surface area contributed by atoms with E-state index in [0.29, 0.717) is 11.6 Å². The Balaban J connectivity index is 2.23. The van der Waals surface area contributed by atoms with Crippen LogP contribution in [0, 0.1) is 5.92 Å². The molecule has 1 aromatic rings. The van der Waals surface area contributed by atoms with E-state index in [0.717, 1.165) is 29.3 Å². The summed E-state index contributed by atoms with van der Waals surface area (Å²) in [5.74, 6) is 0.0233. The van der Waals surface area contributed by atoms with Gasteiger partial charge in [0, 0.05) is 18.0 Å². The molecule has 2 rings (SSSR count). The minimum atomic E-state index is -0.830. The van der Waals surface area contributed by atoms with Gasteiger partial charge < -0.3 is 10.0 Å². The van der Waals surface area contributed by atoms with Crippen molar-refractivity contribution in [3.63, 3.8) is 0 Å². The van der Waals surface area contributed by atoms with E-state index < -0.39 is 5.97 Å². The molecule has 0 bridgehead atoms. The zero-order valence-corrected chi connectivity index (χ0v) is 13.9. The van der Waals surface area contributed by atoms with Gasteiger partial charge in [-0.05, 0) is 50.0 Å². The average Bonchev–Trinajstić information content (AvgIpc) is 2.53. The highest BCUT2D eigenvalue weighted by Crippen LogP contribution is 2.35. The van der Waals surface area contributed by atoms with Gasteiger partial charge in [-0.15, -0.1) is 11.8 Å². The van der Waals surface area contributed by atoms with Crippen LogP contribution >= 0.6 is 11.8 Å². The molecule has 0 atom stereocenters. The topological polar surface area (TPSA) is 40.5 Å². The lowest BCUT2D eigenvalue weighted by atomic mass is 9.84. The van der Waals surface area contributed by atoms with Crippen LogP contribution in [0.3, 0.4) is 0 Å². The Kier molecular flexibility index (Phi) is 5.57. The largest absolute Gasteiger partial charge is 0.478 e. The van der Waals surface area contributed by atoms with Crippen LogP contribution in [-0.4, -0.2) is 30.4 Å². The molecule has 1 aromatic carbocycles. The standard InChI is InChI=1S/C17H25NO2S/c1-4-12-8-10-13(11-9-12)18(2)14-6-5-7-15(21-3)16(14)17(19)20/h5-7,12-13H,4,8-11H2,1-3H3,(H,19,20). The van der Waals surface area contributed by atoms with Gasteiger partial charge in [0.1, 0.15) is 0 Å². The zero-order valence-electron chi connectivity index (χ0n) is 13.1. The van der Waals surface area contributed by atoms with Crippen molar-refractivity contribution in [1.82, 2.24) is 0 Å². The van der Waals surface area contributed by atoms with E-state index in [4.69, 9.17) is 0 Å². The monoisotopic (exact) mass is 307 g/mol. The molecule has 116 valence electrons. The third-order valence-corrected chi connectivity index (χ3v) is 5.54. The predicted octanol–water partition coefficient (Wildman–Crippen LogP) is 4.51. The first kappa shape index (κ1) is 16.2. The molecule has 1 aliphatic rings. The van der Waals surface area contributed by atoms with E-state index in [1.165, 1.54) is 31.0 Å². The van der Waals surface area contributed by atoms with Crippen LogP contribution in [0.4, 0.5) is 5.69 Å². The molecule has 0 heterocycles. The van der Waals surface area contributed by atoms with Gasteiger partial charge in [-0.3, -0.25) is 0 Å². The van der Waals surface area contributed by atoms with E-state index >= 15 is 0 Å². The van der Waals surface area contributed by atoms with Gasteiger partial charge in [-0.25, -0.2) is 4.79 Å². The van der Waals surface area contributed by atoms with Crippen LogP contribution in [0.1, 0.15) is 49.4 Å². The summed E-state index contributed by atoms with van der Waals surface area (Å²) < 4.78 is 0. The van der Waals surface area contributed by atoms with Crippen molar-refractivity contribution in [2.45, 2.75) is 50.0 Å². The normalized spacial score (nSPS) is 22.0. The lowest BCUT2D eigenvalue weighted by Crippen LogP contribution is -2.36. The first-order chi connectivity index (χ1) is 10.1. The molecule has 21 heavy (non-hydrogen) atoms. The Morgan fingerprint density at radius 2 is 2.00 bits per heavy atom. The lowest BCUT2D eigenvalue weighted by molar-refractivity contribution is 0.0693. The number of thioether (sulfide) groups is 1. The van der Waals surface area contributed by atoms with Crippen molar-refractivity contribution in [1.29, 1.82) is 0 Å². The van der Waals surface area contributed by atoms with Crippen LogP contribution in [0.2, 0.25) is 0 Å². The fourth-order valence-electron chi connectivity index (χ4n) is 3.34. The molecule has 3 nitrogen and oxygen atoms in total. The van der Waals surface area contributed by atoms with Crippen molar-refractivity contribution < 1.29 is 9.90 Å². The second-order valence-corrected chi connectivity index (χ2v) is 6.70. The minimum Gasteiger partial charge on any atom is -0.478 e. The summed E-state index contributed by atoms with van der Waals surface area (Å²) >= 11 is 1.50. The second kappa shape index (κ2) is 7.21. The summed E-state index contributed by atoms with van der Waals surface area (Å²) in [7, 11) is 2.04. The molecule has 0 radical (unpaired) electrons. The van der Waals surface area contributed by atoms with Crippen LogP contribution in [0.25, 0.3) is 0 Å². The quantitative estimate of drug-likeness (QED) is 0.812. The number of benzene rings is 1. The maximum Gasteiger partial charge on any atom is 0.338 e.